The van der Waals surface area contributed by atoms with Crippen molar-refractivity contribution in [1.29, 1.82) is 0 Å². The maximum atomic E-state index is 10.9. The van der Waals surface area contributed by atoms with Crippen LogP contribution in [0, 0.1) is 0 Å². The standard InChI is InChI=1S/C14H20O2S/c1-3-17-11-10-16-14-8-6-13(7-9-14)5-4-12(2)15/h6-9H,3-5,10-11H2,1-2H3. The smallest absolute Gasteiger partial charge is 0.130 e. The van der Waals surface area contributed by atoms with Crippen molar-refractivity contribution in [3.05, 3.63) is 29.8 Å². The number of hydrogen-bond donors (Lipinski definition) is 0. The predicted octanol–water partition coefficient (Wildman–Crippen LogP) is 3.34. The first-order chi connectivity index (χ1) is 8.22. The van der Waals surface area contributed by atoms with Crippen molar-refractivity contribution in [3.63, 3.8) is 0 Å². The molecule has 0 aliphatic rings. The molecule has 0 spiro atoms. The lowest BCUT2D eigenvalue weighted by atomic mass is 10.1. The normalized spacial score (nSPS) is 10.2. The average molecular weight is 252 g/mol. The summed E-state index contributed by atoms with van der Waals surface area (Å²) in [5.74, 6) is 3.31. The van der Waals surface area contributed by atoms with Crippen molar-refractivity contribution >= 4 is 17.5 Å². The highest BCUT2D eigenvalue weighted by molar-refractivity contribution is 7.99. The number of Topliss-reactive ketones (excluding diaryl/α,β-unsaturated/α-hetero) is 1. The predicted molar refractivity (Wildman–Crippen MR) is 73.9 cm³/mol. The molecule has 0 fully saturated rings. The molecule has 0 atom stereocenters. The van der Waals surface area contributed by atoms with E-state index in [1.165, 1.54) is 5.56 Å². The Morgan fingerprint density at radius 2 is 2.00 bits per heavy atom. The Morgan fingerprint density at radius 1 is 1.29 bits per heavy atom. The fourth-order valence-electron chi connectivity index (χ4n) is 1.44. The number of benzene rings is 1. The number of hydrogen-bond acceptors (Lipinski definition) is 3. The minimum Gasteiger partial charge on any atom is -0.493 e. The minimum atomic E-state index is 0.238. The van der Waals surface area contributed by atoms with Gasteiger partial charge in [0.2, 0.25) is 0 Å². The molecule has 0 aliphatic heterocycles. The van der Waals surface area contributed by atoms with Gasteiger partial charge in [-0.3, -0.25) is 0 Å². The maximum absolute atomic E-state index is 10.9. The Balaban J connectivity index is 2.31. The van der Waals surface area contributed by atoms with E-state index in [2.05, 4.69) is 6.92 Å². The van der Waals surface area contributed by atoms with E-state index in [9.17, 15) is 4.79 Å². The van der Waals surface area contributed by atoms with Crippen LogP contribution in [0.25, 0.3) is 0 Å². The quantitative estimate of drug-likeness (QED) is 0.664. The summed E-state index contributed by atoms with van der Waals surface area (Å²) in [4.78, 5) is 10.9. The Labute approximate surface area is 108 Å². The van der Waals surface area contributed by atoms with Gasteiger partial charge in [-0.2, -0.15) is 11.8 Å². The Morgan fingerprint density at radius 3 is 2.59 bits per heavy atom. The summed E-state index contributed by atoms with van der Waals surface area (Å²) < 4.78 is 5.60. The van der Waals surface area contributed by atoms with Crippen LogP contribution < -0.4 is 4.74 Å². The topological polar surface area (TPSA) is 26.3 Å². The number of ketones is 1. The summed E-state index contributed by atoms with van der Waals surface area (Å²) in [6.45, 7) is 4.53. The number of carbonyl (C=O) groups excluding carboxylic acids is 1. The van der Waals surface area contributed by atoms with Crippen LogP contribution in [0.4, 0.5) is 0 Å². The lowest BCUT2D eigenvalue weighted by Gasteiger charge is -2.06. The van der Waals surface area contributed by atoms with Gasteiger partial charge in [-0.15, -0.1) is 0 Å². The number of rotatable bonds is 8. The molecule has 17 heavy (non-hydrogen) atoms. The number of ether oxygens (including phenoxy) is 1. The summed E-state index contributed by atoms with van der Waals surface area (Å²) >= 11 is 1.88. The first kappa shape index (κ1) is 14.1. The van der Waals surface area contributed by atoms with E-state index < -0.39 is 0 Å². The number of carbonyl (C=O) groups is 1. The van der Waals surface area contributed by atoms with E-state index in [4.69, 9.17) is 4.74 Å². The average Bonchev–Trinajstić information content (AvgIpc) is 2.33. The van der Waals surface area contributed by atoms with Crippen molar-refractivity contribution < 1.29 is 9.53 Å². The van der Waals surface area contributed by atoms with Gasteiger partial charge in [0.1, 0.15) is 11.5 Å². The molecule has 0 saturated heterocycles. The van der Waals surface area contributed by atoms with Crippen LogP contribution in [0.1, 0.15) is 25.8 Å². The van der Waals surface area contributed by atoms with E-state index >= 15 is 0 Å². The monoisotopic (exact) mass is 252 g/mol. The minimum absolute atomic E-state index is 0.238. The third-order valence-electron chi connectivity index (χ3n) is 2.39. The van der Waals surface area contributed by atoms with Crippen LogP contribution in [0.2, 0.25) is 0 Å². The van der Waals surface area contributed by atoms with E-state index in [1.807, 2.05) is 36.0 Å². The van der Waals surface area contributed by atoms with Crippen molar-refractivity contribution in [3.8, 4) is 5.75 Å². The third kappa shape index (κ3) is 6.37. The van der Waals surface area contributed by atoms with Crippen molar-refractivity contribution in [2.24, 2.45) is 0 Å². The fraction of sp³-hybridized carbons (Fsp3) is 0.500. The van der Waals surface area contributed by atoms with Crippen LogP contribution in [0.5, 0.6) is 5.75 Å². The van der Waals surface area contributed by atoms with Gasteiger partial charge in [0, 0.05) is 12.2 Å². The summed E-state index contributed by atoms with van der Waals surface area (Å²) in [5, 5.41) is 0. The van der Waals surface area contributed by atoms with Crippen molar-refractivity contribution in [1.82, 2.24) is 0 Å². The summed E-state index contributed by atoms with van der Waals surface area (Å²) in [5.41, 5.74) is 1.19. The highest BCUT2D eigenvalue weighted by atomic mass is 32.2. The molecule has 1 aromatic rings. The van der Waals surface area contributed by atoms with Crippen LogP contribution >= 0.6 is 11.8 Å². The fourth-order valence-corrected chi connectivity index (χ4v) is 1.93. The van der Waals surface area contributed by atoms with Crippen LogP contribution in [0.3, 0.4) is 0 Å². The molecule has 0 radical (unpaired) electrons. The largest absolute Gasteiger partial charge is 0.493 e. The zero-order chi connectivity index (χ0) is 12.5. The molecule has 0 aliphatic carbocycles. The van der Waals surface area contributed by atoms with Gasteiger partial charge in [0.05, 0.1) is 6.61 Å². The molecule has 0 aromatic heterocycles. The summed E-state index contributed by atoms with van der Waals surface area (Å²) in [7, 11) is 0. The molecule has 3 heteroatoms. The number of thioether (sulfide) groups is 1. The van der Waals surface area contributed by atoms with E-state index in [0.29, 0.717) is 6.42 Å². The molecule has 0 N–H and O–H groups in total. The zero-order valence-electron chi connectivity index (χ0n) is 10.6. The SMILES string of the molecule is CCSCCOc1ccc(CCC(C)=O)cc1. The molecule has 2 nitrogen and oxygen atoms in total. The lowest BCUT2D eigenvalue weighted by molar-refractivity contribution is -0.116. The maximum Gasteiger partial charge on any atom is 0.130 e. The zero-order valence-corrected chi connectivity index (χ0v) is 11.4. The summed E-state index contributed by atoms with van der Waals surface area (Å²) in [6.07, 6.45) is 1.44. The molecule has 94 valence electrons. The van der Waals surface area contributed by atoms with E-state index in [0.717, 1.165) is 30.3 Å². The Hall–Kier alpha value is -0.960. The first-order valence-electron chi connectivity index (χ1n) is 6.01. The van der Waals surface area contributed by atoms with Crippen molar-refractivity contribution in [2.75, 3.05) is 18.1 Å². The molecule has 0 amide bonds. The first-order valence-corrected chi connectivity index (χ1v) is 7.16. The lowest BCUT2D eigenvalue weighted by Crippen LogP contribution is -2.00. The Kier molecular flexibility index (Phi) is 6.78. The van der Waals surface area contributed by atoms with Gasteiger partial charge >= 0.3 is 0 Å². The highest BCUT2D eigenvalue weighted by Gasteiger charge is 1.98. The molecular formula is C14H20O2S. The van der Waals surface area contributed by atoms with Crippen LogP contribution in [-0.4, -0.2) is 23.9 Å². The summed E-state index contributed by atoms with van der Waals surface area (Å²) in [6, 6.07) is 8.02. The van der Waals surface area contributed by atoms with Gasteiger partial charge in [0.15, 0.2) is 0 Å². The molecular weight excluding hydrogens is 232 g/mol. The molecule has 1 rings (SSSR count). The third-order valence-corrected chi connectivity index (χ3v) is 3.25. The second-order valence-electron chi connectivity index (χ2n) is 3.89. The number of aryl methyl sites for hydroxylation is 1. The van der Waals surface area contributed by atoms with Crippen LogP contribution in [0.15, 0.2) is 24.3 Å². The molecule has 0 heterocycles. The molecule has 1 aromatic carbocycles. The van der Waals surface area contributed by atoms with E-state index in [1.54, 1.807) is 6.92 Å². The van der Waals surface area contributed by atoms with Gasteiger partial charge in [-0.25, -0.2) is 0 Å². The molecule has 0 bridgehead atoms. The van der Waals surface area contributed by atoms with Gasteiger partial charge in [0.25, 0.3) is 0 Å². The van der Waals surface area contributed by atoms with Gasteiger partial charge in [-0.05, 0) is 36.8 Å². The van der Waals surface area contributed by atoms with Crippen molar-refractivity contribution in [2.45, 2.75) is 26.7 Å². The van der Waals surface area contributed by atoms with Gasteiger partial charge < -0.3 is 9.53 Å². The molecule has 0 unspecified atom stereocenters. The van der Waals surface area contributed by atoms with Gasteiger partial charge in [-0.1, -0.05) is 19.1 Å². The van der Waals surface area contributed by atoms with E-state index in [-0.39, 0.29) is 5.78 Å². The van der Waals surface area contributed by atoms with Crippen LogP contribution in [-0.2, 0) is 11.2 Å². The second-order valence-corrected chi connectivity index (χ2v) is 5.29. The molecule has 0 saturated carbocycles. The Bertz CT molecular complexity index is 333. The highest BCUT2D eigenvalue weighted by Crippen LogP contribution is 2.14. The second kappa shape index (κ2) is 8.18.